The molecular formula is C11H14ClN3O2. The van der Waals surface area contributed by atoms with Crippen LogP contribution in [0.25, 0.3) is 0 Å². The highest BCUT2D eigenvalue weighted by molar-refractivity contribution is 6.32. The summed E-state index contributed by atoms with van der Waals surface area (Å²) in [5.41, 5.74) is 0.307. The fourth-order valence-corrected chi connectivity index (χ4v) is 2.02. The van der Waals surface area contributed by atoms with Crippen LogP contribution < -0.4 is 5.32 Å². The van der Waals surface area contributed by atoms with Crippen molar-refractivity contribution in [3.05, 3.63) is 17.0 Å². The molecule has 1 N–H and O–H groups in total. The molecule has 1 aromatic heterocycles. The molecule has 5 nitrogen and oxygen atoms in total. The summed E-state index contributed by atoms with van der Waals surface area (Å²) in [6, 6.07) is 0. The lowest BCUT2D eigenvalue weighted by Crippen LogP contribution is -2.14. The topological polar surface area (TPSA) is 64.1 Å². The first-order valence-electron chi connectivity index (χ1n) is 5.62. The molecule has 1 saturated heterocycles. The van der Waals surface area contributed by atoms with Gasteiger partial charge in [-0.3, -0.25) is 4.79 Å². The van der Waals surface area contributed by atoms with E-state index in [1.807, 2.05) is 0 Å². The standard InChI is InChI=1S/C11H14ClN3O2/c12-10-9(6-16)11(15-7-14-10)13-4-3-8-2-1-5-17-8/h6-8H,1-5H2,(H,13,14,15). The van der Waals surface area contributed by atoms with Gasteiger partial charge >= 0.3 is 0 Å². The van der Waals surface area contributed by atoms with E-state index in [1.165, 1.54) is 6.33 Å². The average molecular weight is 256 g/mol. The zero-order valence-electron chi connectivity index (χ0n) is 9.36. The number of nitrogens with one attached hydrogen (secondary N) is 1. The van der Waals surface area contributed by atoms with Crippen molar-refractivity contribution in [2.24, 2.45) is 0 Å². The third kappa shape index (κ3) is 3.14. The van der Waals surface area contributed by atoms with Gasteiger partial charge in [0.15, 0.2) is 6.29 Å². The monoisotopic (exact) mass is 255 g/mol. The molecule has 1 aromatic rings. The highest BCUT2D eigenvalue weighted by Crippen LogP contribution is 2.18. The van der Waals surface area contributed by atoms with Crippen LogP contribution in [0.5, 0.6) is 0 Å². The Hall–Kier alpha value is -1.20. The van der Waals surface area contributed by atoms with E-state index in [0.717, 1.165) is 25.9 Å². The number of aldehydes is 1. The van der Waals surface area contributed by atoms with Gasteiger partial charge in [0, 0.05) is 13.2 Å². The molecular weight excluding hydrogens is 242 g/mol. The SMILES string of the molecule is O=Cc1c(Cl)ncnc1NCCC1CCCO1. The summed E-state index contributed by atoms with van der Waals surface area (Å²) >= 11 is 5.79. The molecule has 2 heterocycles. The van der Waals surface area contributed by atoms with Crippen LogP contribution in [0.4, 0.5) is 5.82 Å². The van der Waals surface area contributed by atoms with E-state index in [0.29, 0.717) is 30.3 Å². The van der Waals surface area contributed by atoms with Crippen molar-refractivity contribution in [1.29, 1.82) is 0 Å². The van der Waals surface area contributed by atoms with Crippen molar-refractivity contribution in [3.63, 3.8) is 0 Å². The summed E-state index contributed by atoms with van der Waals surface area (Å²) < 4.78 is 5.50. The van der Waals surface area contributed by atoms with Crippen LogP contribution in [0, 0.1) is 0 Å². The molecule has 0 bridgehead atoms. The molecule has 0 radical (unpaired) electrons. The molecule has 1 atom stereocenters. The minimum absolute atomic E-state index is 0.176. The van der Waals surface area contributed by atoms with E-state index >= 15 is 0 Å². The first-order valence-corrected chi connectivity index (χ1v) is 6.00. The molecule has 1 aliphatic heterocycles. The Bertz CT molecular complexity index is 394. The van der Waals surface area contributed by atoms with E-state index < -0.39 is 0 Å². The maximum atomic E-state index is 10.8. The number of halogens is 1. The second-order valence-electron chi connectivity index (χ2n) is 3.90. The van der Waals surface area contributed by atoms with Crippen molar-refractivity contribution >= 4 is 23.7 Å². The van der Waals surface area contributed by atoms with Crippen LogP contribution >= 0.6 is 11.6 Å². The number of hydrogen-bond donors (Lipinski definition) is 1. The van der Waals surface area contributed by atoms with Gasteiger partial charge in [-0.15, -0.1) is 0 Å². The van der Waals surface area contributed by atoms with Crippen LogP contribution in [-0.2, 0) is 4.74 Å². The van der Waals surface area contributed by atoms with Crippen molar-refractivity contribution in [1.82, 2.24) is 9.97 Å². The van der Waals surface area contributed by atoms with Crippen molar-refractivity contribution in [2.45, 2.75) is 25.4 Å². The first-order chi connectivity index (χ1) is 8.31. The molecule has 2 rings (SSSR count). The Morgan fingerprint density at radius 3 is 3.18 bits per heavy atom. The Kier molecular flexibility index (Phi) is 4.28. The Morgan fingerprint density at radius 1 is 1.59 bits per heavy atom. The van der Waals surface area contributed by atoms with Gasteiger partial charge in [0.05, 0.1) is 11.7 Å². The highest BCUT2D eigenvalue weighted by atomic mass is 35.5. The summed E-state index contributed by atoms with van der Waals surface area (Å²) in [7, 11) is 0. The summed E-state index contributed by atoms with van der Waals surface area (Å²) in [6.45, 7) is 1.56. The zero-order valence-corrected chi connectivity index (χ0v) is 10.1. The molecule has 1 unspecified atom stereocenters. The van der Waals surface area contributed by atoms with Gasteiger partial charge in [-0.2, -0.15) is 0 Å². The highest BCUT2D eigenvalue weighted by Gasteiger charge is 2.15. The lowest BCUT2D eigenvalue weighted by atomic mass is 10.2. The number of anilines is 1. The quantitative estimate of drug-likeness (QED) is 0.643. The first kappa shape index (κ1) is 12.3. The van der Waals surface area contributed by atoms with E-state index in [9.17, 15) is 4.79 Å². The van der Waals surface area contributed by atoms with Gasteiger partial charge in [0.2, 0.25) is 0 Å². The van der Waals surface area contributed by atoms with E-state index in [1.54, 1.807) is 0 Å². The maximum Gasteiger partial charge on any atom is 0.156 e. The zero-order chi connectivity index (χ0) is 12.1. The van der Waals surface area contributed by atoms with Gasteiger partial charge in [0.1, 0.15) is 17.3 Å². The molecule has 1 aliphatic rings. The van der Waals surface area contributed by atoms with Crippen molar-refractivity contribution < 1.29 is 9.53 Å². The molecule has 0 spiro atoms. The number of hydrogen-bond acceptors (Lipinski definition) is 5. The lowest BCUT2D eigenvalue weighted by molar-refractivity contribution is 0.107. The smallest absolute Gasteiger partial charge is 0.156 e. The second kappa shape index (κ2) is 5.93. The number of nitrogens with zero attached hydrogens (tertiary/aromatic N) is 2. The van der Waals surface area contributed by atoms with Gasteiger partial charge in [-0.25, -0.2) is 9.97 Å². The second-order valence-corrected chi connectivity index (χ2v) is 4.25. The minimum Gasteiger partial charge on any atom is -0.378 e. The molecule has 0 aromatic carbocycles. The normalized spacial score (nSPS) is 19.2. The van der Waals surface area contributed by atoms with Crippen LogP contribution in [0.2, 0.25) is 5.15 Å². The van der Waals surface area contributed by atoms with Crippen LogP contribution in [0.1, 0.15) is 29.6 Å². The number of carbonyl (C=O) groups is 1. The number of rotatable bonds is 5. The third-order valence-corrected chi connectivity index (χ3v) is 3.04. The predicted molar refractivity (Wildman–Crippen MR) is 64.5 cm³/mol. The molecule has 0 saturated carbocycles. The summed E-state index contributed by atoms with van der Waals surface area (Å²) in [6.07, 6.45) is 5.45. The summed E-state index contributed by atoms with van der Waals surface area (Å²) in [5.74, 6) is 0.484. The number of aromatic nitrogens is 2. The Labute approximate surface area is 105 Å². The van der Waals surface area contributed by atoms with E-state index in [-0.39, 0.29) is 5.15 Å². The van der Waals surface area contributed by atoms with Crippen molar-refractivity contribution in [3.8, 4) is 0 Å². The Balaban J connectivity index is 1.89. The maximum absolute atomic E-state index is 10.8. The van der Waals surface area contributed by atoms with Crippen LogP contribution in [-0.4, -0.2) is 35.5 Å². The van der Waals surface area contributed by atoms with Crippen LogP contribution in [0.3, 0.4) is 0 Å². The molecule has 1 fully saturated rings. The minimum atomic E-state index is 0.176. The van der Waals surface area contributed by atoms with Crippen LogP contribution in [0.15, 0.2) is 6.33 Å². The molecule has 6 heteroatoms. The Morgan fingerprint density at radius 2 is 2.47 bits per heavy atom. The van der Waals surface area contributed by atoms with Crippen molar-refractivity contribution in [2.75, 3.05) is 18.5 Å². The van der Waals surface area contributed by atoms with Gasteiger partial charge in [0.25, 0.3) is 0 Å². The predicted octanol–water partition coefficient (Wildman–Crippen LogP) is 1.92. The molecule has 17 heavy (non-hydrogen) atoms. The summed E-state index contributed by atoms with van der Waals surface area (Å²) in [5, 5.41) is 3.26. The number of carbonyl (C=O) groups excluding carboxylic acids is 1. The fraction of sp³-hybridized carbons (Fsp3) is 0.545. The average Bonchev–Trinajstić information content (AvgIpc) is 2.82. The molecule has 0 aliphatic carbocycles. The molecule has 92 valence electrons. The van der Waals surface area contributed by atoms with Gasteiger partial charge in [-0.1, -0.05) is 11.6 Å². The summed E-state index contributed by atoms with van der Waals surface area (Å²) in [4.78, 5) is 18.6. The lowest BCUT2D eigenvalue weighted by Gasteiger charge is -2.11. The third-order valence-electron chi connectivity index (χ3n) is 2.74. The number of ether oxygens (including phenoxy) is 1. The largest absolute Gasteiger partial charge is 0.378 e. The van der Waals surface area contributed by atoms with E-state index in [4.69, 9.17) is 16.3 Å². The van der Waals surface area contributed by atoms with Gasteiger partial charge < -0.3 is 10.1 Å². The molecule has 0 amide bonds. The van der Waals surface area contributed by atoms with E-state index in [2.05, 4.69) is 15.3 Å². The fourth-order valence-electron chi connectivity index (χ4n) is 1.84. The van der Waals surface area contributed by atoms with Gasteiger partial charge in [-0.05, 0) is 19.3 Å².